The number of aliphatic hydroxyl groups is 2. The van der Waals surface area contributed by atoms with Crippen LogP contribution in [0.25, 0.3) is 0 Å². The molecule has 1 aromatic carbocycles. The highest BCUT2D eigenvalue weighted by Gasteiger charge is 2.49. The fourth-order valence-corrected chi connectivity index (χ4v) is 4.81. The summed E-state index contributed by atoms with van der Waals surface area (Å²) in [4.78, 5) is 21.5. The number of rotatable bonds is 3. The van der Waals surface area contributed by atoms with Gasteiger partial charge in [-0.3, -0.25) is 14.7 Å². The van der Waals surface area contributed by atoms with Gasteiger partial charge in [-0.1, -0.05) is 24.0 Å². The van der Waals surface area contributed by atoms with E-state index < -0.39 is 5.60 Å². The summed E-state index contributed by atoms with van der Waals surface area (Å²) in [7, 11) is 0. The average Bonchev–Trinajstić information content (AvgIpc) is 2.77. The summed E-state index contributed by atoms with van der Waals surface area (Å²) in [6.07, 6.45) is 5.26. The number of aromatic nitrogens is 1. The molecule has 6 heteroatoms. The van der Waals surface area contributed by atoms with E-state index >= 15 is 0 Å². The number of amides is 1. The van der Waals surface area contributed by atoms with Crippen molar-refractivity contribution in [3.05, 3.63) is 65.5 Å². The van der Waals surface area contributed by atoms with Gasteiger partial charge in [0.25, 0.3) is 5.91 Å². The molecule has 3 atom stereocenters. The van der Waals surface area contributed by atoms with Crippen LogP contribution < -0.4 is 0 Å². The molecule has 2 N–H and O–H groups in total. The SMILES string of the molecule is CC(C)(O)C#Cc1ccc([C@@H]2[C@H](CO)N3CCCCN(C(=O)c4cccnc4)C[C@@H]23)cc1. The van der Waals surface area contributed by atoms with Crippen molar-refractivity contribution < 1.29 is 15.0 Å². The van der Waals surface area contributed by atoms with E-state index in [4.69, 9.17) is 0 Å². The molecule has 1 aromatic heterocycles. The van der Waals surface area contributed by atoms with Gasteiger partial charge in [-0.05, 0) is 63.1 Å². The van der Waals surface area contributed by atoms with Crippen molar-refractivity contribution in [1.29, 1.82) is 0 Å². The highest BCUT2D eigenvalue weighted by Crippen LogP contribution is 2.42. The fraction of sp³-hybridized carbons (Fsp3) is 0.462. The molecule has 32 heavy (non-hydrogen) atoms. The molecule has 0 radical (unpaired) electrons. The van der Waals surface area contributed by atoms with Gasteiger partial charge in [0.1, 0.15) is 5.60 Å². The summed E-state index contributed by atoms with van der Waals surface area (Å²) < 4.78 is 0. The Hall–Kier alpha value is -2.72. The molecule has 2 saturated heterocycles. The lowest BCUT2D eigenvalue weighted by Crippen LogP contribution is -2.67. The summed E-state index contributed by atoms with van der Waals surface area (Å²) in [6.45, 7) is 5.73. The zero-order valence-corrected chi connectivity index (χ0v) is 18.7. The van der Waals surface area contributed by atoms with Gasteiger partial charge in [0.05, 0.1) is 12.2 Å². The second-order valence-electron chi connectivity index (χ2n) is 9.21. The van der Waals surface area contributed by atoms with E-state index in [2.05, 4.69) is 33.9 Å². The minimum atomic E-state index is -1.03. The summed E-state index contributed by atoms with van der Waals surface area (Å²) in [5.74, 6) is 6.01. The number of fused-ring (bicyclic) bond motifs is 1. The summed E-state index contributed by atoms with van der Waals surface area (Å²) in [5, 5.41) is 19.9. The number of carbonyl (C=O) groups is 1. The van der Waals surface area contributed by atoms with Crippen molar-refractivity contribution >= 4 is 5.91 Å². The second kappa shape index (κ2) is 9.41. The molecule has 3 heterocycles. The van der Waals surface area contributed by atoms with Gasteiger partial charge in [0.2, 0.25) is 0 Å². The molecule has 0 spiro atoms. The first kappa shape index (κ1) is 22.5. The lowest BCUT2D eigenvalue weighted by molar-refractivity contribution is -0.0606. The zero-order valence-electron chi connectivity index (χ0n) is 18.7. The minimum Gasteiger partial charge on any atom is -0.395 e. The van der Waals surface area contributed by atoms with Crippen LogP contribution in [0.15, 0.2) is 48.8 Å². The van der Waals surface area contributed by atoms with Gasteiger partial charge >= 0.3 is 0 Å². The quantitative estimate of drug-likeness (QED) is 0.727. The minimum absolute atomic E-state index is 0.0170. The predicted molar refractivity (Wildman–Crippen MR) is 123 cm³/mol. The first-order valence-electron chi connectivity index (χ1n) is 11.3. The standard InChI is InChI=1S/C26H31N3O3/c1-26(2,32)12-11-19-7-9-20(10-8-19)24-22-17-28(25(31)21-6-5-13-27-16-21)14-3-4-15-29(22)23(24)18-30/h5-10,13,16,22-24,30,32H,3-4,14-15,17-18H2,1-2H3/t22-,23-,24-/m0/s1. The molecular formula is C26H31N3O3. The second-order valence-corrected chi connectivity index (χ2v) is 9.21. The van der Waals surface area contributed by atoms with Crippen molar-refractivity contribution in [1.82, 2.24) is 14.8 Å². The Morgan fingerprint density at radius 2 is 1.94 bits per heavy atom. The highest BCUT2D eigenvalue weighted by molar-refractivity contribution is 5.93. The Morgan fingerprint density at radius 1 is 1.19 bits per heavy atom. The summed E-state index contributed by atoms with van der Waals surface area (Å²) in [5.41, 5.74) is 1.58. The van der Waals surface area contributed by atoms with Crippen molar-refractivity contribution in [2.75, 3.05) is 26.2 Å². The van der Waals surface area contributed by atoms with Crippen LogP contribution in [0.3, 0.4) is 0 Å². The zero-order chi connectivity index (χ0) is 22.7. The molecule has 0 saturated carbocycles. The summed E-state index contributed by atoms with van der Waals surface area (Å²) in [6, 6.07) is 11.9. The van der Waals surface area contributed by atoms with Crippen LogP contribution in [0, 0.1) is 11.8 Å². The van der Waals surface area contributed by atoms with E-state index in [1.165, 1.54) is 0 Å². The van der Waals surface area contributed by atoms with Crippen LogP contribution in [0.2, 0.25) is 0 Å². The topological polar surface area (TPSA) is 76.9 Å². The maximum atomic E-state index is 13.1. The van der Waals surface area contributed by atoms with Crippen LogP contribution in [0.5, 0.6) is 0 Å². The maximum Gasteiger partial charge on any atom is 0.255 e. The molecule has 4 rings (SSSR count). The number of nitrogens with zero attached hydrogens (tertiary/aromatic N) is 3. The first-order chi connectivity index (χ1) is 15.4. The summed E-state index contributed by atoms with van der Waals surface area (Å²) >= 11 is 0. The molecule has 6 nitrogen and oxygen atoms in total. The van der Waals surface area contributed by atoms with E-state index in [1.807, 2.05) is 23.1 Å². The van der Waals surface area contributed by atoms with Crippen molar-refractivity contribution in [2.45, 2.75) is 50.3 Å². The highest BCUT2D eigenvalue weighted by atomic mass is 16.3. The molecule has 2 fully saturated rings. The third-order valence-electron chi connectivity index (χ3n) is 6.37. The number of aliphatic hydroxyl groups excluding tert-OH is 1. The molecular weight excluding hydrogens is 402 g/mol. The average molecular weight is 434 g/mol. The van der Waals surface area contributed by atoms with E-state index in [1.54, 1.807) is 32.3 Å². The number of carbonyl (C=O) groups excluding carboxylic acids is 1. The van der Waals surface area contributed by atoms with Crippen LogP contribution in [-0.4, -0.2) is 74.8 Å². The third kappa shape index (κ3) is 4.86. The molecule has 0 unspecified atom stereocenters. The largest absolute Gasteiger partial charge is 0.395 e. The normalized spacial score (nSPS) is 23.8. The number of pyridine rings is 1. The Morgan fingerprint density at radius 3 is 2.59 bits per heavy atom. The van der Waals surface area contributed by atoms with E-state index in [-0.39, 0.29) is 30.5 Å². The van der Waals surface area contributed by atoms with E-state index in [9.17, 15) is 15.0 Å². The Labute approximate surface area is 189 Å². The van der Waals surface area contributed by atoms with Crippen molar-refractivity contribution in [3.63, 3.8) is 0 Å². The van der Waals surface area contributed by atoms with Gasteiger partial charge in [-0.2, -0.15) is 0 Å². The molecule has 2 aromatic rings. The lowest BCUT2D eigenvalue weighted by Gasteiger charge is -2.57. The number of hydrogen-bond acceptors (Lipinski definition) is 5. The predicted octanol–water partition coefficient (Wildman–Crippen LogP) is 2.27. The molecule has 2 aliphatic rings. The van der Waals surface area contributed by atoms with Gasteiger partial charge < -0.3 is 15.1 Å². The Balaban J connectivity index is 1.55. The van der Waals surface area contributed by atoms with E-state index in [0.717, 1.165) is 37.1 Å². The van der Waals surface area contributed by atoms with Gasteiger partial charge in [-0.15, -0.1) is 0 Å². The number of benzene rings is 1. The Kier molecular flexibility index (Phi) is 6.61. The van der Waals surface area contributed by atoms with E-state index in [0.29, 0.717) is 12.1 Å². The van der Waals surface area contributed by atoms with Crippen LogP contribution in [-0.2, 0) is 0 Å². The van der Waals surface area contributed by atoms with Gasteiger partial charge in [0, 0.05) is 49.0 Å². The fourth-order valence-electron chi connectivity index (χ4n) is 4.81. The lowest BCUT2D eigenvalue weighted by atomic mass is 9.74. The van der Waals surface area contributed by atoms with Crippen molar-refractivity contribution in [2.24, 2.45) is 0 Å². The van der Waals surface area contributed by atoms with Crippen LogP contribution in [0.1, 0.15) is 54.1 Å². The molecule has 1 amide bonds. The molecule has 2 aliphatic heterocycles. The van der Waals surface area contributed by atoms with Crippen LogP contribution in [0.4, 0.5) is 0 Å². The molecule has 0 aliphatic carbocycles. The monoisotopic (exact) mass is 433 g/mol. The number of hydrogen-bond donors (Lipinski definition) is 2. The smallest absolute Gasteiger partial charge is 0.255 e. The Bertz CT molecular complexity index is 989. The molecule has 0 bridgehead atoms. The van der Waals surface area contributed by atoms with Gasteiger partial charge in [0.15, 0.2) is 0 Å². The molecule has 168 valence electrons. The van der Waals surface area contributed by atoms with Crippen LogP contribution >= 0.6 is 0 Å². The maximum absolute atomic E-state index is 13.1. The van der Waals surface area contributed by atoms with Gasteiger partial charge in [-0.25, -0.2) is 0 Å². The third-order valence-corrected chi connectivity index (χ3v) is 6.37. The van der Waals surface area contributed by atoms with Crippen molar-refractivity contribution in [3.8, 4) is 11.8 Å². The first-order valence-corrected chi connectivity index (χ1v) is 11.3.